The van der Waals surface area contributed by atoms with Gasteiger partial charge in [-0.15, -0.1) is 5.10 Å². The second-order valence-corrected chi connectivity index (χ2v) is 4.45. The zero-order chi connectivity index (χ0) is 14.0. The van der Waals surface area contributed by atoms with Crippen LogP contribution < -0.4 is 10.4 Å². The zero-order valence-corrected chi connectivity index (χ0v) is 12.4. The van der Waals surface area contributed by atoms with Crippen molar-refractivity contribution in [2.45, 2.75) is 0 Å². The highest BCUT2D eigenvalue weighted by molar-refractivity contribution is 5.76. The Morgan fingerprint density at radius 2 is 1.95 bits per heavy atom. The van der Waals surface area contributed by atoms with Gasteiger partial charge in [0.05, 0.1) is 33.6 Å². The van der Waals surface area contributed by atoms with Crippen LogP contribution in [0.3, 0.4) is 0 Å². The predicted octanol–water partition coefficient (Wildman–Crippen LogP) is -0.140. The highest BCUT2D eigenvalue weighted by atomic mass is 16.7. The summed E-state index contributed by atoms with van der Waals surface area (Å²) in [5, 5.41) is 8.19. The van der Waals surface area contributed by atoms with Crippen LogP contribution in [-0.2, 0) is 0 Å². The fourth-order valence-electron chi connectivity index (χ4n) is 1.67. The van der Waals surface area contributed by atoms with Gasteiger partial charge in [0.25, 0.3) is 0 Å². The summed E-state index contributed by atoms with van der Waals surface area (Å²) in [4.78, 5) is 20.3. The maximum Gasteiger partial charge on any atom is 0.472 e. The van der Waals surface area contributed by atoms with Crippen LogP contribution in [0.1, 0.15) is 0 Å². The molecular weight excluding hydrogens is 258 g/mol. The molecule has 0 aliphatic heterocycles. The van der Waals surface area contributed by atoms with E-state index < -0.39 is 0 Å². The van der Waals surface area contributed by atoms with Gasteiger partial charge in [0, 0.05) is 0 Å². The Kier molecular flexibility index (Phi) is 4.79. The van der Waals surface area contributed by atoms with Gasteiger partial charge >= 0.3 is 11.6 Å². The van der Waals surface area contributed by atoms with Gasteiger partial charge in [-0.1, -0.05) is 12.1 Å². The molecule has 7 nitrogen and oxygen atoms in total. The van der Waals surface area contributed by atoms with Crippen molar-refractivity contribution in [1.29, 1.82) is 0 Å². The Hall–Kier alpha value is -2.44. The van der Waals surface area contributed by atoms with E-state index in [2.05, 4.69) is 10.3 Å². The minimum Gasteiger partial charge on any atom is -0.358 e. The molecule has 0 atom stereocenters. The van der Waals surface area contributed by atoms with Crippen molar-refractivity contribution in [3.63, 3.8) is 0 Å². The summed E-state index contributed by atoms with van der Waals surface area (Å²) in [6.45, 7) is 0. The number of nitrogens with zero attached hydrogens (tertiary/aromatic N) is 5. The van der Waals surface area contributed by atoms with Gasteiger partial charge in [0.1, 0.15) is 5.52 Å². The van der Waals surface area contributed by atoms with Crippen LogP contribution in [0, 0.1) is 7.43 Å². The third-order valence-corrected chi connectivity index (χ3v) is 2.48. The number of amidine groups is 1. The van der Waals surface area contributed by atoms with Crippen LogP contribution in [0.5, 0.6) is 0 Å². The molecule has 2 rings (SSSR count). The first-order valence-electron chi connectivity index (χ1n) is 5.75. The normalized spacial score (nSPS) is 9.80. The molecule has 1 aromatic heterocycles. The van der Waals surface area contributed by atoms with Crippen molar-refractivity contribution in [2.75, 3.05) is 28.2 Å². The van der Waals surface area contributed by atoms with Gasteiger partial charge in [-0.2, -0.15) is 0 Å². The molecule has 0 amide bonds. The molecule has 0 spiro atoms. The topological polar surface area (TPSA) is 63.3 Å². The van der Waals surface area contributed by atoms with Crippen LogP contribution in [0.25, 0.3) is 10.9 Å². The van der Waals surface area contributed by atoms with E-state index in [0.29, 0.717) is 16.9 Å². The highest BCUT2D eigenvalue weighted by Crippen LogP contribution is 2.02. The third kappa shape index (κ3) is 2.93. The number of aromatic nitrogens is 3. The highest BCUT2D eigenvalue weighted by Gasteiger charge is 2.17. The van der Waals surface area contributed by atoms with Crippen molar-refractivity contribution < 1.29 is 9.41 Å². The van der Waals surface area contributed by atoms with E-state index in [1.165, 1.54) is 0 Å². The lowest BCUT2D eigenvalue weighted by Crippen LogP contribution is -2.43. The number of benzene rings is 1. The SMILES string of the molecule is CN(C)C(On1nnc2ccccc2c1=O)=[N+](C)C.[CH3-]. The Morgan fingerprint density at radius 1 is 1.30 bits per heavy atom. The molecule has 0 radical (unpaired) electrons. The van der Waals surface area contributed by atoms with Gasteiger partial charge in [-0.3, -0.25) is 9.63 Å². The van der Waals surface area contributed by atoms with Crippen LogP contribution in [-0.4, -0.2) is 58.8 Å². The molecule has 0 saturated carbocycles. The molecule has 7 heteroatoms. The molecule has 0 unspecified atom stereocenters. The molecule has 0 saturated heterocycles. The van der Waals surface area contributed by atoms with Crippen molar-refractivity contribution in [3.05, 3.63) is 42.0 Å². The van der Waals surface area contributed by atoms with Gasteiger partial charge in [0.2, 0.25) is 0 Å². The van der Waals surface area contributed by atoms with Crippen molar-refractivity contribution in [3.8, 4) is 0 Å². The van der Waals surface area contributed by atoms with Crippen LogP contribution in [0.2, 0.25) is 0 Å². The average molecular weight is 277 g/mol. The van der Waals surface area contributed by atoms with Crippen molar-refractivity contribution in [1.82, 2.24) is 20.1 Å². The van der Waals surface area contributed by atoms with Gasteiger partial charge in [0.15, 0.2) is 0 Å². The smallest absolute Gasteiger partial charge is 0.358 e. The first-order chi connectivity index (χ1) is 9.00. The molecular formula is C13H19N5O2. The monoisotopic (exact) mass is 277 g/mol. The summed E-state index contributed by atoms with van der Waals surface area (Å²) in [6, 6.07) is 7.48. The van der Waals surface area contributed by atoms with Crippen LogP contribution in [0.4, 0.5) is 0 Å². The molecule has 0 aliphatic carbocycles. The second kappa shape index (κ2) is 6.14. The van der Waals surface area contributed by atoms with E-state index in [0.717, 1.165) is 4.85 Å². The van der Waals surface area contributed by atoms with E-state index in [9.17, 15) is 4.79 Å². The number of fused-ring (bicyclic) bond motifs is 1. The minimum atomic E-state index is -0.341. The Labute approximate surface area is 117 Å². The molecule has 1 heterocycles. The quantitative estimate of drug-likeness (QED) is 0.314. The van der Waals surface area contributed by atoms with E-state index in [-0.39, 0.29) is 13.0 Å². The largest absolute Gasteiger partial charge is 0.472 e. The number of hydrogen-bond acceptors (Lipinski definition) is 4. The van der Waals surface area contributed by atoms with E-state index >= 15 is 0 Å². The Balaban J connectivity index is 0.00000200. The molecule has 1 aromatic carbocycles. The summed E-state index contributed by atoms with van der Waals surface area (Å²) in [5.41, 5.74) is 0.204. The van der Waals surface area contributed by atoms with E-state index in [1.54, 1.807) is 33.7 Å². The first kappa shape index (κ1) is 15.6. The van der Waals surface area contributed by atoms with E-state index in [1.807, 2.05) is 28.2 Å². The Bertz CT molecular complexity index is 686. The number of rotatable bonds is 1. The summed E-state index contributed by atoms with van der Waals surface area (Å²) in [6.07, 6.45) is 0. The minimum absolute atomic E-state index is 0. The van der Waals surface area contributed by atoms with Gasteiger partial charge in [-0.05, 0) is 22.2 Å². The van der Waals surface area contributed by atoms with Crippen molar-refractivity contribution in [2.24, 2.45) is 0 Å². The molecule has 108 valence electrons. The maximum absolute atomic E-state index is 12.2. The van der Waals surface area contributed by atoms with Crippen LogP contribution >= 0.6 is 0 Å². The van der Waals surface area contributed by atoms with Crippen LogP contribution in [0.15, 0.2) is 29.1 Å². The summed E-state index contributed by atoms with van der Waals surface area (Å²) >= 11 is 0. The van der Waals surface area contributed by atoms with Gasteiger partial charge < -0.3 is 7.43 Å². The molecule has 0 aliphatic rings. The zero-order valence-electron chi connectivity index (χ0n) is 12.4. The lowest BCUT2D eigenvalue weighted by molar-refractivity contribution is -0.480. The predicted molar refractivity (Wildman–Crippen MR) is 77.6 cm³/mol. The van der Waals surface area contributed by atoms with Crippen molar-refractivity contribution >= 4 is 16.9 Å². The number of hydrogen-bond donors (Lipinski definition) is 0. The fourth-order valence-corrected chi connectivity index (χ4v) is 1.67. The lowest BCUT2D eigenvalue weighted by atomic mass is 10.2. The van der Waals surface area contributed by atoms with E-state index in [4.69, 9.17) is 4.84 Å². The molecule has 0 N–H and O–H groups in total. The summed E-state index contributed by atoms with van der Waals surface area (Å²) in [5.74, 6) is 0. The fraction of sp³-hybridized carbons (Fsp3) is 0.308. The molecule has 0 bridgehead atoms. The Morgan fingerprint density at radius 3 is 2.55 bits per heavy atom. The second-order valence-electron chi connectivity index (χ2n) is 4.45. The summed E-state index contributed by atoms with van der Waals surface area (Å²) in [7, 11) is 7.26. The lowest BCUT2D eigenvalue weighted by Gasteiger charge is -2.10. The average Bonchev–Trinajstić information content (AvgIpc) is 2.37. The standard InChI is InChI=1S/C12H16N5O2.CH3/c1-15(2)12(16(3)4)19-17-11(18)9-7-5-6-8-10(9)13-14-17;/h5-8H,1-4H3;1H3/q+1;-1. The molecule has 0 fully saturated rings. The maximum atomic E-state index is 12.2. The summed E-state index contributed by atoms with van der Waals surface area (Å²) < 4.78 is 1.74. The molecule has 2 aromatic rings. The third-order valence-electron chi connectivity index (χ3n) is 2.48. The van der Waals surface area contributed by atoms with Gasteiger partial charge in [-0.25, -0.2) is 9.48 Å². The molecule has 20 heavy (non-hydrogen) atoms. The first-order valence-corrected chi connectivity index (χ1v) is 5.75.